The summed E-state index contributed by atoms with van der Waals surface area (Å²) in [5.41, 5.74) is 1.13. The van der Waals surface area contributed by atoms with Gasteiger partial charge in [0.05, 0.1) is 40.1 Å². The molecule has 6 nitrogen and oxygen atoms in total. The summed E-state index contributed by atoms with van der Waals surface area (Å²) in [6, 6.07) is 10.7. The van der Waals surface area contributed by atoms with E-state index in [1.807, 2.05) is 12.1 Å². The third kappa shape index (κ3) is 4.72. The van der Waals surface area contributed by atoms with Gasteiger partial charge in [-0.1, -0.05) is 40.9 Å². The fourth-order valence-corrected chi connectivity index (χ4v) is 3.87. The molecule has 0 saturated carbocycles. The van der Waals surface area contributed by atoms with Gasteiger partial charge in [0.2, 0.25) is 3.79 Å². The van der Waals surface area contributed by atoms with Gasteiger partial charge < -0.3 is 24.1 Å². The number of benzene rings is 2. The van der Waals surface area contributed by atoms with Crippen LogP contribution in [0.25, 0.3) is 10.8 Å². The van der Waals surface area contributed by atoms with Crippen molar-refractivity contribution in [3.8, 4) is 23.0 Å². The molecule has 0 saturated heterocycles. The lowest BCUT2D eigenvalue weighted by molar-refractivity contribution is 0.159. The summed E-state index contributed by atoms with van der Waals surface area (Å²) in [5, 5.41) is 12.6. The molecule has 0 amide bonds. The first-order valence-electron chi connectivity index (χ1n) is 9.22. The van der Waals surface area contributed by atoms with Gasteiger partial charge in [-0.2, -0.15) is 0 Å². The highest BCUT2D eigenvalue weighted by molar-refractivity contribution is 6.68. The molecule has 1 heterocycles. The Hall–Kier alpha value is -2.12. The van der Waals surface area contributed by atoms with Crippen LogP contribution >= 0.6 is 34.8 Å². The van der Waals surface area contributed by atoms with E-state index in [-0.39, 0.29) is 0 Å². The molecule has 2 atom stereocenters. The number of aliphatic hydroxyl groups is 1. The summed E-state index contributed by atoms with van der Waals surface area (Å²) in [4.78, 5) is 4.54. The molecule has 9 heteroatoms. The van der Waals surface area contributed by atoms with Crippen molar-refractivity contribution >= 4 is 45.6 Å². The van der Waals surface area contributed by atoms with Gasteiger partial charge in [0.15, 0.2) is 23.0 Å². The Morgan fingerprint density at radius 3 is 1.97 bits per heavy atom. The molecule has 0 unspecified atom stereocenters. The summed E-state index contributed by atoms with van der Waals surface area (Å²) in [7, 11) is 6.17. The molecule has 0 aliphatic heterocycles. The molecule has 0 spiro atoms. The number of rotatable bonds is 7. The predicted octanol–water partition coefficient (Wildman–Crippen LogP) is 5.13. The quantitative estimate of drug-likeness (QED) is 0.467. The van der Waals surface area contributed by atoms with Gasteiger partial charge >= 0.3 is 0 Å². The maximum Gasteiger partial charge on any atom is 0.217 e. The molecule has 2 aromatic carbocycles. The Bertz CT molecular complexity index is 1070. The van der Waals surface area contributed by atoms with Crippen molar-refractivity contribution in [3.05, 3.63) is 53.9 Å². The third-order valence-corrected chi connectivity index (χ3v) is 5.68. The molecule has 0 aliphatic carbocycles. The number of hydrogen-bond acceptors (Lipinski definition) is 6. The molecule has 0 radical (unpaired) electrons. The van der Waals surface area contributed by atoms with Crippen molar-refractivity contribution in [2.75, 3.05) is 28.4 Å². The minimum atomic E-state index is -1.97. The highest BCUT2D eigenvalue weighted by Crippen LogP contribution is 2.45. The van der Waals surface area contributed by atoms with Crippen LogP contribution in [0.5, 0.6) is 23.0 Å². The maximum absolute atomic E-state index is 11.1. The van der Waals surface area contributed by atoms with E-state index in [4.69, 9.17) is 53.8 Å². The second-order valence-corrected chi connectivity index (χ2v) is 9.07. The van der Waals surface area contributed by atoms with Crippen LogP contribution in [0.15, 0.2) is 42.6 Å². The number of ether oxygens (including phenoxy) is 4. The van der Waals surface area contributed by atoms with E-state index in [0.29, 0.717) is 39.6 Å². The molecule has 31 heavy (non-hydrogen) atoms. The van der Waals surface area contributed by atoms with Crippen LogP contribution in [0.1, 0.15) is 17.2 Å². The number of pyridine rings is 1. The Kier molecular flexibility index (Phi) is 7.27. The van der Waals surface area contributed by atoms with Crippen molar-refractivity contribution in [1.82, 2.24) is 4.98 Å². The first-order valence-corrected chi connectivity index (χ1v) is 10.4. The minimum Gasteiger partial charge on any atom is -0.493 e. The van der Waals surface area contributed by atoms with Crippen LogP contribution in [-0.4, -0.2) is 48.4 Å². The maximum atomic E-state index is 11.1. The van der Waals surface area contributed by atoms with Crippen molar-refractivity contribution in [2.45, 2.75) is 15.8 Å². The van der Waals surface area contributed by atoms with Crippen LogP contribution in [0.4, 0.5) is 0 Å². The first kappa shape index (κ1) is 23.5. The average molecular weight is 487 g/mol. The normalized spacial score (nSPS) is 13.5. The number of fused-ring (bicyclic) bond motifs is 1. The molecule has 3 rings (SSSR count). The van der Waals surface area contributed by atoms with E-state index >= 15 is 0 Å². The van der Waals surface area contributed by atoms with Crippen LogP contribution in [0, 0.1) is 0 Å². The van der Waals surface area contributed by atoms with Crippen molar-refractivity contribution in [3.63, 3.8) is 0 Å². The Morgan fingerprint density at radius 2 is 1.39 bits per heavy atom. The number of halogens is 3. The van der Waals surface area contributed by atoms with Crippen LogP contribution < -0.4 is 18.9 Å². The summed E-state index contributed by atoms with van der Waals surface area (Å²) < 4.78 is 19.6. The van der Waals surface area contributed by atoms with Gasteiger partial charge in [-0.25, -0.2) is 0 Å². The average Bonchev–Trinajstić information content (AvgIpc) is 2.77. The van der Waals surface area contributed by atoms with Gasteiger partial charge in [0.25, 0.3) is 0 Å². The minimum absolute atomic E-state index is 0.473. The van der Waals surface area contributed by atoms with E-state index in [0.717, 1.165) is 5.39 Å². The van der Waals surface area contributed by atoms with E-state index in [9.17, 15) is 5.11 Å². The van der Waals surface area contributed by atoms with E-state index in [1.165, 1.54) is 14.2 Å². The Balaban J connectivity index is 2.29. The molecular weight excluding hydrogens is 465 g/mol. The number of aromatic nitrogens is 1. The lowest BCUT2D eigenvalue weighted by atomic mass is 9.87. The van der Waals surface area contributed by atoms with Gasteiger partial charge in [-0.05, 0) is 41.3 Å². The number of nitrogens with zero attached hydrogens (tertiary/aromatic N) is 1. The Morgan fingerprint density at radius 1 is 0.806 bits per heavy atom. The highest BCUT2D eigenvalue weighted by Gasteiger charge is 2.40. The van der Waals surface area contributed by atoms with Gasteiger partial charge in [0, 0.05) is 11.6 Å². The Labute approximate surface area is 195 Å². The lowest BCUT2D eigenvalue weighted by Crippen LogP contribution is -2.33. The zero-order valence-electron chi connectivity index (χ0n) is 17.4. The largest absolute Gasteiger partial charge is 0.493 e. The SMILES string of the molecule is COc1ccc([C@@H](c2nccc3cc(OC)c(OC)cc23)[C@@H](O)C(Cl)(Cl)Cl)cc1OC. The number of aliphatic hydroxyl groups excluding tert-OH is 1. The fraction of sp³-hybridized carbons (Fsp3) is 0.318. The van der Waals surface area contributed by atoms with Gasteiger partial charge in [-0.3, -0.25) is 4.98 Å². The van der Waals surface area contributed by atoms with Crippen LogP contribution in [0.3, 0.4) is 0 Å². The molecule has 3 aromatic rings. The molecule has 0 bridgehead atoms. The summed E-state index contributed by atoms with van der Waals surface area (Å²) in [6.45, 7) is 0. The highest BCUT2D eigenvalue weighted by atomic mass is 35.6. The summed E-state index contributed by atoms with van der Waals surface area (Å²) in [5.74, 6) is 1.29. The van der Waals surface area contributed by atoms with E-state index in [2.05, 4.69) is 4.98 Å². The third-order valence-electron chi connectivity index (χ3n) is 5.01. The van der Waals surface area contributed by atoms with E-state index in [1.54, 1.807) is 44.7 Å². The van der Waals surface area contributed by atoms with Crippen molar-refractivity contribution in [2.24, 2.45) is 0 Å². The van der Waals surface area contributed by atoms with E-state index < -0.39 is 15.8 Å². The standard InChI is InChI=1S/C22H22Cl3NO5/c1-28-15-6-5-13(10-16(15)29-2)19(21(27)22(23,24)25)20-14-11-18(31-4)17(30-3)9-12(14)7-8-26-20/h5-11,19,21,27H,1-4H3/t19-,21+/m0/s1. The molecule has 0 aliphatic rings. The molecule has 166 valence electrons. The van der Waals surface area contributed by atoms with Gasteiger partial charge in [-0.15, -0.1) is 0 Å². The second-order valence-electron chi connectivity index (χ2n) is 6.70. The fourth-order valence-electron chi connectivity index (χ4n) is 3.49. The van der Waals surface area contributed by atoms with Crippen molar-refractivity contribution in [1.29, 1.82) is 0 Å². The number of methoxy groups -OCH3 is 4. The topological polar surface area (TPSA) is 70.0 Å². The monoisotopic (exact) mass is 485 g/mol. The van der Waals surface area contributed by atoms with Gasteiger partial charge in [0.1, 0.15) is 6.10 Å². The summed E-state index contributed by atoms with van der Waals surface area (Å²) >= 11 is 18.4. The number of hydrogen-bond donors (Lipinski definition) is 1. The zero-order valence-corrected chi connectivity index (χ0v) is 19.6. The van der Waals surface area contributed by atoms with Crippen molar-refractivity contribution < 1.29 is 24.1 Å². The lowest BCUT2D eigenvalue weighted by Gasteiger charge is -2.29. The van der Waals surface area contributed by atoms with Crippen LogP contribution in [0.2, 0.25) is 0 Å². The van der Waals surface area contributed by atoms with Crippen LogP contribution in [-0.2, 0) is 0 Å². The molecule has 1 aromatic heterocycles. The summed E-state index contributed by atoms with van der Waals surface area (Å²) in [6.07, 6.45) is 0.212. The smallest absolute Gasteiger partial charge is 0.217 e. The predicted molar refractivity (Wildman–Crippen MR) is 123 cm³/mol. The molecule has 0 fully saturated rings. The number of alkyl halides is 3. The first-order chi connectivity index (χ1) is 14.7. The second kappa shape index (κ2) is 9.57. The molecular formula is C22H22Cl3NO5. The zero-order chi connectivity index (χ0) is 22.8. The molecule has 1 N–H and O–H groups in total.